The number of fused-ring (bicyclic) bond motifs is 3. The maximum Gasteiger partial charge on any atom is 0.177 e. The molecule has 3 unspecified atom stereocenters. The summed E-state index contributed by atoms with van der Waals surface area (Å²) in [6.07, 6.45) is 1.83. The van der Waals surface area contributed by atoms with E-state index in [1.54, 1.807) is 24.3 Å². The van der Waals surface area contributed by atoms with Crippen LogP contribution in [0.5, 0.6) is 11.5 Å². The van der Waals surface area contributed by atoms with E-state index >= 15 is 0 Å². The Morgan fingerprint density at radius 3 is 2.57 bits per heavy atom. The number of aliphatic hydroxyl groups is 2. The molecule has 0 amide bonds. The number of ether oxygens (including phenoxy) is 2. The van der Waals surface area contributed by atoms with Gasteiger partial charge < -0.3 is 30.7 Å². The van der Waals surface area contributed by atoms with Gasteiger partial charge in [0.1, 0.15) is 11.5 Å². The third kappa shape index (κ3) is 3.24. The molecule has 1 aliphatic heterocycles. The Kier molecular flexibility index (Phi) is 5.95. The Balaban J connectivity index is 1.80. The van der Waals surface area contributed by atoms with Crippen LogP contribution in [0.4, 0.5) is 0 Å². The Morgan fingerprint density at radius 2 is 1.91 bits per heavy atom. The molecule has 180 valence electrons. The monoisotopic (exact) mass is 472 g/mol. The van der Waals surface area contributed by atoms with Crippen molar-refractivity contribution in [2.45, 2.75) is 23.2 Å². The number of hydrogen-bond donors (Lipinski definition) is 4. The van der Waals surface area contributed by atoms with E-state index in [0.717, 1.165) is 5.56 Å². The molecular formula is C27H28N4O4. The second-order valence-corrected chi connectivity index (χ2v) is 9.00. The average Bonchev–Trinajstić information content (AvgIpc) is 3.28. The molecule has 0 saturated heterocycles. The molecule has 2 aliphatic rings. The first kappa shape index (κ1) is 23.3. The van der Waals surface area contributed by atoms with Gasteiger partial charge >= 0.3 is 0 Å². The van der Waals surface area contributed by atoms with Gasteiger partial charge in [0.2, 0.25) is 0 Å². The third-order valence-electron chi connectivity index (χ3n) is 7.32. The fourth-order valence-electron chi connectivity index (χ4n) is 5.92. The van der Waals surface area contributed by atoms with Crippen LogP contribution in [-0.4, -0.2) is 48.0 Å². The fourth-order valence-corrected chi connectivity index (χ4v) is 5.92. The number of rotatable bonds is 7. The van der Waals surface area contributed by atoms with E-state index in [0.29, 0.717) is 47.8 Å². The summed E-state index contributed by atoms with van der Waals surface area (Å²) in [4.78, 5) is 4.23. The van der Waals surface area contributed by atoms with Gasteiger partial charge in [-0.05, 0) is 23.3 Å². The lowest BCUT2D eigenvalue weighted by molar-refractivity contribution is -0.152. The highest BCUT2D eigenvalue weighted by molar-refractivity contribution is 5.59. The summed E-state index contributed by atoms with van der Waals surface area (Å²) in [6, 6.07) is 18.8. The van der Waals surface area contributed by atoms with Gasteiger partial charge in [-0.15, -0.1) is 0 Å². The van der Waals surface area contributed by atoms with Crippen molar-refractivity contribution in [1.82, 2.24) is 10.3 Å². The third-order valence-corrected chi connectivity index (χ3v) is 7.32. The molecule has 8 heteroatoms. The molecule has 0 spiro atoms. The molecule has 1 aliphatic carbocycles. The standard InChI is InChI=1S/C27H28N4O4/c1-34-21-15-31-16-22-24(21)26(33)25(32)20(14-30-12-11-28)23(18-5-3-2-4-6-18)27(26,35-22)19-9-7-17(13-29)8-10-19/h2-10,15-16,20,23,25,30,32-33H,11-12,14,28H2,1H3/t20?,23?,25-,26+,27?/m1/s1. The molecule has 0 radical (unpaired) electrons. The van der Waals surface area contributed by atoms with Gasteiger partial charge in [0, 0.05) is 31.5 Å². The second kappa shape index (κ2) is 8.95. The van der Waals surface area contributed by atoms with Gasteiger partial charge in [0.15, 0.2) is 11.2 Å². The Bertz CT molecular complexity index is 1250. The molecule has 5 rings (SSSR count). The molecule has 35 heavy (non-hydrogen) atoms. The molecule has 1 fully saturated rings. The number of nitrogens with zero attached hydrogens (tertiary/aromatic N) is 2. The van der Waals surface area contributed by atoms with Crippen molar-refractivity contribution in [2.24, 2.45) is 11.7 Å². The Labute approximate surface area is 204 Å². The first-order valence-electron chi connectivity index (χ1n) is 11.6. The van der Waals surface area contributed by atoms with Crippen LogP contribution in [0, 0.1) is 17.2 Å². The maximum atomic E-state index is 12.7. The zero-order valence-electron chi connectivity index (χ0n) is 19.4. The highest BCUT2D eigenvalue weighted by Crippen LogP contribution is 2.69. The minimum atomic E-state index is -1.86. The van der Waals surface area contributed by atoms with Crippen molar-refractivity contribution in [2.75, 3.05) is 26.7 Å². The molecule has 3 aromatic rings. The SMILES string of the molecule is COc1cncc2c1[C@]1(O)[C@H](O)C(CNCCN)C(c3ccccc3)C1(c1ccc(C#N)cc1)O2. The van der Waals surface area contributed by atoms with E-state index in [1.807, 2.05) is 30.3 Å². The van der Waals surface area contributed by atoms with E-state index in [1.165, 1.54) is 19.5 Å². The first-order chi connectivity index (χ1) is 17.0. The van der Waals surface area contributed by atoms with Gasteiger partial charge in [-0.25, -0.2) is 0 Å². The number of benzene rings is 2. The van der Waals surface area contributed by atoms with E-state index in [4.69, 9.17) is 15.2 Å². The number of methoxy groups -OCH3 is 1. The lowest BCUT2D eigenvalue weighted by atomic mass is 9.70. The van der Waals surface area contributed by atoms with Crippen molar-refractivity contribution in [1.29, 1.82) is 5.26 Å². The summed E-state index contributed by atoms with van der Waals surface area (Å²) >= 11 is 0. The number of pyridine rings is 1. The summed E-state index contributed by atoms with van der Waals surface area (Å²) in [5.41, 5.74) is 4.85. The Hall–Kier alpha value is -3.48. The Morgan fingerprint density at radius 1 is 1.17 bits per heavy atom. The van der Waals surface area contributed by atoms with Crippen LogP contribution >= 0.6 is 0 Å². The number of aliphatic hydroxyl groups excluding tert-OH is 1. The molecule has 2 aromatic carbocycles. The maximum absolute atomic E-state index is 12.7. The molecule has 8 nitrogen and oxygen atoms in total. The lowest BCUT2D eigenvalue weighted by Gasteiger charge is -2.41. The minimum absolute atomic E-state index is 0.335. The van der Waals surface area contributed by atoms with Crippen LogP contribution in [0.15, 0.2) is 67.0 Å². The minimum Gasteiger partial charge on any atom is -0.495 e. The number of nitrogens with two attached hydrogens (primary N) is 1. The van der Waals surface area contributed by atoms with Gasteiger partial charge in [-0.1, -0.05) is 42.5 Å². The zero-order chi connectivity index (χ0) is 24.6. The van der Waals surface area contributed by atoms with Crippen LogP contribution in [-0.2, 0) is 11.2 Å². The lowest BCUT2D eigenvalue weighted by Crippen LogP contribution is -2.52. The van der Waals surface area contributed by atoms with Crippen LogP contribution in [0.3, 0.4) is 0 Å². The summed E-state index contributed by atoms with van der Waals surface area (Å²) < 4.78 is 12.3. The van der Waals surface area contributed by atoms with Gasteiger partial charge in [0.25, 0.3) is 0 Å². The smallest absolute Gasteiger partial charge is 0.177 e. The molecular weight excluding hydrogens is 444 g/mol. The van der Waals surface area contributed by atoms with Crippen molar-refractivity contribution >= 4 is 0 Å². The van der Waals surface area contributed by atoms with E-state index in [2.05, 4.69) is 16.4 Å². The topological polar surface area (TPSA) is 134 Å². The van der Waals surface area contributed by atoms with Crippen molar-refractivity contribution in [3.05, 3.63) is 89.2 Å². The fraction of sp³-hybridized carbons (Fsp3) is 0.333. The van der Waals surface area contributed by atoms with Gasteiger partial charge in [-0.3, -0.25) is 4.98 Å². The predicted octanol–water partition coefficient (Wildman–Crippen LogP) is 1.76. The van der Waals surface area contributed by atoms with Gasteiger partial charge in [0.05, 0.1) is 42.8 Å². The highest BCUT2D eigenvalue weighted by atomic mass is 16.5. The van der Waals surface area contributed by atoms with E-state index < -0.39 is 29.1 Å². The summed E-state index contributed by atoms with van der Waals surface area (Å²) in [5, 5.41) is 37.2. The summed E-state index contributed by atoms with van der Waals surface area (Å²) in [5.74, 6) is -0.207. The van der Waals surface area contributed by atoms with Crippen LogP contribution in [0.2, 0.25) is 0 Å². The predicted molar refractivity (Wildman–Crippen MR) is 129 cm³/mol. The van der Waals surface area contributed by atoms with Crippen molar-refractivity contribution < 1.29 is 19.7 Å². The molecule has 2 heterocycles. The molecule has 5 atom stereocenters. The highest BCUT2D eigenvalue weighted by Gasteiger charge is 2.76. The van der Waals surface area contributed by atoms with E-state index in [-0.39, 0.29) is 0 Å². The zero-order valence-corrected chi connectivity index (χ0v) is 19.4. The van der Waals surface area contributed by atoms with Crippen LogP contribution < -0.4 is 20.5 Å². The summed E-state index contributed by atoms with van der Waals surface area (Å²) in [7, 11) is 1.50. The number of aromatic nitrogens is 1. The number of nitriles is 1. The van der Waals surface area contributed by atoms with E-state index in [9.17, 15) is 15.5 Å². The molecule has 1 saturated carbocycles. The number of nitrogens with one attached hydrogen (secondary N) is 1. The van der Waals surface area contributed by atoms with Crippen molar-refractivity contribution in [3.63, 3.8) is 0 Å². The second-order valence-electron chi connectivity index (χ2n) is 9.00. The molecule has 0 bridgehead atoms. The van der Waals surface area contributed by atoms with Crippen molar-refractivity contribution in [3.8, 4) is 17.6 Å². The average molecular weight is 473 g/mol. The van der Waals surface area contributed by atoms with Crippen LogP contribution in [0.25, 0.3) is 0 Å². The number of hydrogen-bond acceptors (Lipinski definition) is 8. The first-order valence-corrected chi connectivity index (χ1v) is 11.6. The molecule has 1 aromatic heterocycles. The summed E-state index contributed by atoms with van der Waals surface area (Å²) in [6.45, 7) is 1.42. The quantitative estimate of drug-likeness (QED) is 0.382. The van der Waals surface area contributed by atoms with Crippen LogP contribution in [0.1, 0.15) is 28.2 Å². The normalized spacial score (nSPS) is 28.6. The largest absolute Gasteiger partial charge is 0.495 e. The van der Waals surface area contributed by atoms with Gasteiger partial charge in [-0.2, -0.15) is 5.26 Å². The molecule has 5 N–H and O–H groups in total.